The van der Waals surface area contributed by atoms with E-state index in [0.717, 1.165) is 17.3 Å². The van der Waals surface area contributed by atoms with Gasteiger partial charge in [0.05, 0.1) is 0 Å². The van der Waals surface area contributed by atoms with Crippen LogP contribution in [0.3, 0.4) is 0 Å². The quantitative estimate of drug-likeness (QED) is 0.884. The van der Waals surface area contributed by atoms with Crippen LogP contribution in [0.15, 0.2) is 46.9 Å². The number of benzene rings is 2. The molecule has 0 aliphatic heterocycles. The van der Waals surface area contributed by atoms with Gasteiger partial charge in [0.15, 0.2) is 0 Å². The lowest BCUT2D eigenvalue weighted by Crippen LogP contribution is -2.23. The van der Waals surface area contributed by atoms with Crippen molar-refractivity contribution in [1.82, 2.24) is 5.32 Å². The highest BCUT2D eigenvalue weighted by molar-refractivity contribution is 9.10. The van der Waals surface area contributed by atoms with Gasteiger partial charge in [-0.2, -0.15) is 0 Å². The second-order valence-electron chi connectivity index (χ2n) is 5.37. The molecule has 1 N–H and O–H groups in total. The highest BCUT2D eigenvalue weighted by atomic mass is 79.9. The van der Waals surface area contributed by atoms with Gasteiger partial charge < -0.3 is 5.32 Å². The van der Waals surface area contributed by atoms with Gasteiger partial charge in [-0.25, -0.2) is 4.39 Å². The number of hydrogen-bond acceptors (Lipinski definition) is 1. The summed E-state index contributed by atoms with van der Waals surface area (Å²) in [6.45, 7) is 0. The minimum atomic E-state index is -0.194. The van der Waals surface area contributed by atoms with Gasteiger partial charge in [0.1, 0.15) is 5.82 Å². The average Bonchev–Trinajstić information content (AvgIpc) is 2.79. The number of nitrogens with one attached hydrogen (secondary N) is 1. The molecule has 104 valence electrons. The molecule has 3 rings (SSSR count). The third kappa shape index (κ3) is 2.52. The summed E-state index contributed by atoms with van der Waals surface area (Å²) in [6.07, 6.45) is 2.02. The molecular formula is C17H17BrFN. The topological polar surface area (TPSA) is 12.0 Å². The van der Waals surface area contributed by atoms with Crippen LogP contribution in [0.4, 0.5) is 4.39 Å². The molecule has 2 atom stereocenters. The number of fused-ring (bicyclic) bond motifs is 1. The Balaban J connectivity index is 1.85. The van der Waals surface area contributed by atoms with Gasteiger partial charge in [0, 0.05) is 10.5 Å². The second-order valence-corrected chi connectivity index (χ2v) is 6.22. The summed E-state index contributed by atoms with van der Waals surface area (Å²) in [5, 5.41) is 3.43. The van der Waals surface area contributed by atoms with Crippen molar-refractivity contribution in [3.8, 4) is 0 Å². The summed E-state index contributed by atoms with van der Waals surface area (Å²) in [5.74, 6) is 0.319. The van der Waals surface area contributed by atoms with Crippen molar-refractivity contribution < 1.29 is 4.39 Å². The van der Waals surface area contributed by atoms with Crippen LogP contribution in [0.2, 0.25) is 0 Å². The molecule has 0 heterocycles. The van der Waals surface area contributed by atoms with Crippen molar-refractivity contribution in [2.75, 3.05) is 7.05 Å². The first kappa shape index (κ1) is 13.8. The smallest absolute Gasteiger partial charge is 0.124 e. The highest BCUT2D eigenvalue weighted by Crippen LogP contribution is 2.38. The molecule has 0 saturated carbocycles. The van der Waals surface area contributed by atoms with Gasteiger partial charge >= 0.3 is 0 Å². The lowest BCUT2D eigenvalue weighted by atomic mass is 9.93. The van der Waals surface area contributed by atoms with E-state index in [0.29, 0.717) is 12.0 Å². The summed E-state index contributed by atoms with van der Waals surface area (Å²) in [6, 6.07) is 14.0. The van der Waals surface area contributed by atoms with Crippen LogP contribution < -0.4 is 5.32 Å². The molecule has 1 aliphatic carbocycles. The van der Waals surface area contributed by atoms with Gasteiger partial charge in [0.2, 0.25) is 0 Å². The average molecular weight is 334 g/mol. The Bertz CT molecular complexity index is 626. The Kier molecular flexibility index (Phi) is 3.90. The molecule has 0 fully saturated rings. The highest BCUT2D eigenvalue weighted by Gasteiger charge is 2.31. The van der Waals surface area contributed by atoms with Crippen molar-refractivity contribution in [1.29, 1.82) is 0 Å². The van der Waals surface area contributed by atoms with E-state index in [4.69, 9.17) is 0 Å². The lowest BCUT2D eigenvalue weighted by Gasteiger charge is -2.20. The summed E-state index contributed by atoms with van der Waals surface area (Å²) in [7, 11) is 2.01. The van der Waals surface area contributed by atoms with E-state index in [-0.39, 0.29) is 5.82 Å². The Labute approximate surface area is 127 Å². The molecule has 2 unspecified atom stereocenters. The zero-order valence-corrected chi connectivity index (χ0v) is 13.0. The summed E-state index contributed by atoms with van der Waals surface area (Å²) >= 11 is 3.47. The fourth-order valence-electron chi connectivity index (χ4n) is 3.23. The minimum absolute atomic E-state index is 0.194. The van der Waals surface area contributed by atoms with Crippen LogP contribution >= 0.6 is 15.9 Å². The maximum absolute atomic E-state index is 13.2. The summed E-state index contributed by atoms with van der Waals surface area (Å²) in [4.78, 5) is 0. The van der Waals surface area contributed by atoms with Crippen molar-refractivity contribution in [2.24, 2.45) is 5.92 Å². The molecule has 2 aromatic rings. The molecule has 1 aliphatic rings. The Morgan fingerprint density at radius 1 is 1.25 bits per heavy atom. The van der Waals surface area contributed by atoms with Gasteiger partial charge in [-0.3, -0.25) is 0 Å². The second kappa shape index (κ2) is 5.66. The molecule has 0 aromatic heterocycles. The first-order chi connectivity index (χ1) is 9.69. The molecule has 2 aromatic carbocycles. The van der Waals surface area contributed by atoms with Crippen LogP contribution in [0.25, 0.3) is 0 Å². The fraction of sp³-hybridized carbons (Fsp3) is 0.294. The molecule has 0 saturated heterocycles. The molecule has 0 bridgehead atoms. The molecule has 0 spiro atoms. The van der Waals surface area contributed by atoms with Crippen LogP contribution in [-0.2, 0) is 12.8 Å². The molecular weight excluding hydrogens is 317 g/mol. The number of halogens is 2. The minimum Gasteiger partial charge on any atom is -0.313 e. The van der Waals surface area contributed by atoms with E-state index in [2.05, 4.69) is 45.5 Å². The summed E-state index contributed by atoms with van der Waals surface area (Å²) < 4.78 is 14.0. The predicted octanol–water partition coefficient (Wildman–Crippen LogP) is 4.26. The van der Waals surface area contributed by atoms with E-state index in [1.165, 1.54) is 22.8 Å². The SMILES string of the molecule is CNC1c2ccccc2CC1Cc1ccc(F)cc1Br. The molecule has 0 amide bonds. The van der Waals surface area contributed by atoms with Crippen molar-refractivity contribution in [3.05, 3.63) is 69.4 Å². The van der Waals surface area contributed by atoms with Crippen molar-refractivity contribution >= 4 is 15.9 Å². The van der Waals surface area contributed by atoms with E-state index >= 15 is 0 Å². The number of hydrogen-bond donors (Lipinski definition) is 1. The van der Waals surface area contributed by atoms with E-state index in [9.17, 15) is 4.39 Å². The van der Waals surface area contributed by atoms with E-state index in [1.807, 2.05) is 13.1 Å². The lowest BCUT2D eigenvalue weighted by molar-refractivity contribution is 0.410. The maximum atomic E-state index is 13.2. The maximum Gasteiger partial charge on any atom is 0.124 e. The molecule has 0 radical (unpaired) electrons. The van der Waals surface area contributed by atoms with Gasteiger partial charge in [-0.1, -0.05) is 46.3 Å². The molecule has 3 heteroatoms. The molecule has 1 nitrogen and oxygen atoms in total. The van der Waals surface area contributed by atoms with Crippen molar-refractivity contribution in [2.45, 2.75) is 18.9 Å². The first-order valence-corrected chi connectivity index (χ1v) is 7.67. The van der Waals surface area contributed by atoms with E-state index in [1.54, 1.807) is 6.07 Å². The standard InChI is InChI=1S/C17H17BrFN/c1-20-17-13(8-11-4-2-3-5-15(11)17)9-12-6-7-14(19)10-16(12)18/h2-7,10,13,17,20H,8-9H2,1H3. The fourth-order valence-corrected chi connectivity index (χ4v) is 3.74. The van der Waals surface area contributed by atoms with Gasteiger partial charge in [0.25, 0.3) is 0 Å². The zero-order chi connectivity index (χ0) is 14.1. The zero-order valence-electron chi connectivity index (χ0n) is 11.4. The predicted molar refractivity (Wildman–Crippen MR) is 83.2 cm³/mol. The normalized spacial score (nSPS) is 20.9. The van der Waals surface area contributed by atoms with Crippen molar-refractivity contribution in [3.63, 3.8) is 0 Å². The third-order valence-electron chi connectivity index (χ3n) is 4.15. The number of rotatable bonds is 3. The Hall–Kier alpha value is -1.19. The van der Waals surface area contributed by atoms with Gasteiger partial charge in [-0.15, -0.1) is 0 Å². The third-order valence-corrected chi connectivity index (χ3v) is 4.89. The largest absolute Gasteiger partial charge is 0.313 e. The Morgan fingerprint density at radius 3 is 2.80 bits per heavy atom. The van der Waals surface area contributed by atoms with Crippen LogP contribution in [0.5, 0.6) is 0 Å². The van der Waals surface area contributed by atoms with E-state index < -0.39 is 0 Å². The molecule has 20 heavy (non-hydrogen) atoms. The van der Waals surface area contributed by atoms with Gasteiger partial charge in [-0.05, 0) is 54.6 Å². The van der Waals surface area contributed by atoms with Crippen LogP contribution in [0, 0.1) is 11.7 Å². The van der Waals surface area contributed by atoms with Crippen LogP contribution in [-0.4, -0.2) is 7.05 Å². The summed E-state index contributed by atoms with van der Waals surface area (Å²) in [5.41, 5.74) is 4.00. The monoisotopic (exact) mass is 333 g/mol. The van der Waals surface area contributed by atoms with Crippen LogP contribution in [0.1, 0.15) is 22.7 Å². The Morgan fingerprint density at radius 2 is 2.05 bits per heavy atom. The first-order valence-electron chi connectivity index (χ1n) is 6.88.